The molecule has 0 saturated carbocycles. The Bertz CT molecular complexity index is 1840. The Balaban J connectivity index is 1.54. The van der Waals surface area contributed by atoms with Crippen LogP contribution in [0, 0.1) is 6.92 Å². The van der Waals surface area contributed by atoms with E-state index in [0.717, 1.165) is 5.69 Å². The molecular weight excluding hydrogens is 458 g/mol. The molecular formula is C37H27N. The number of benzene rings is 7. The molecule has 0 aliphatic heterocycles. The summed E-state index contributed by atoms with van der Waals surface area (Å²) in [6.45, 7) is 2.14. The Labute approximate surface area is 223 Å². The van der Waals surface area contributed by atoms with Gasteiger partial charge in [-0.2, -0.15) is 0 Å². The first-order valence-electron chi connectivity index (χ1n) is 13.1. The molecule has 7 rings (SSSR count). The zero-order chi connectivity index (χ0) is 25.5. The molecule has 0 aliphatic carbocycles. The topological polar surface area (TPSA) is 3.24 Å². The van der Waals surface area contributed by atoms with Crippen molar-refractivity contribution >= 4 is 49.3 Å². The van der Waals surface area contributed by atoms with Gasteiger partial charge in [-0.05, 0) is 63.2 Å². The number of hydrogen-bond acceptors (Lipinski definition) is 1. The van der Waals surface area contributed by atoms with Gasteiger partial charge in [-0.15, -0.1) is 0 Å². The Kier molecular flexibility index (Phi) is 5.41. The molecule has 0 bridgehead atoms. The summed E-state index contributed by atoms with van der Waals surface area (Å²) < 4.78 is 0. The third kappa shape index (κ3) is 3.81. The number of aryl methyl sites for hydroxylation is 1. The van der Waals surface area contributed by atoms with Gasteiger partial charge >= 0.3 is 0 Å². The molecule has 0 unspecified atom stereocenters. The van der Waals surface area contributed by atoms with Crippen molar-refractivity contribution in [1.29, 1.82) is 0 Å². The van der Waals surface area contributed by atoms with Gasteiger partial charge in [0.2, 0.25) is 0 Å². The first kappa shape index (κ1) is 22.3. The maximum absolute atomic E-state index is 2.36. The van der Waals surface area contributed by atoms with Crippen LogP contribution in [0.1, 0.15) is 16.7 Å². The van der Waals surface area contributed by atoms with E-state index in [0.29, 0.717) is 0 Å². The van der Waals surface area contributed by atoms with Gasteiger partial charge in [-0.3, -0.25) is 0 Å². The Morgan fingerprint density at radius 2 is 1.05 bits per heavy atom. The third-order valence-electron chi connectivity index (χ3n) is 7.51. The van der Waals surface area contributed by atoms with E-state index in [1.807, 2.05) is 0 Å². The monoisotopic (exact) mass is 485 g/mol. The molecule has 0 amide bonds. The van der Waals surface area contributed by atoms with E-state index in [2.05, 4.69) is 158 Å². The van der Waals surface area contributed by atoms with Gasteiger partial charge in [0, 0.05) is 22.8 Å². The molecule has 0 atom stereocenters. The van der Waals surface area contributed by atoms with Gasteiger partial charge in [0.1, 0.15) is 0 Å². The van der Waals surface area contributed by atoms with Crippen LogP contribution in [0.3, 0.4) is 0 Å². The Morgan fingerprint density at radius 1 is 0.500 bits per heavy atom. The molecule has 0 aromatic heterocycles. The van der Waals surface area contributed by atoms with E-state index >= 15 is 0 Å². The minimum atomic E-state index is 1.13. The van der Waals surface area contributed by atoms with Crippen LogP contribution >= 0.6 is 0 Å². The van der Waals surface area contributed by atoms with Crippen molar-refractivity contribution in [2.24, 2.45) is 0 Å². The summed E-state index contributed by atoms with van der Waals surface area (Å²) in [6, 6.07) is 50.3. The zero-order valence-electron chi connectivity index (χ0n) is 21.3. The highest BCUT2D eigenvalue weighted by atomic mass is 15.1. The molecule has 0 saturated heterocycles. The van der Waals surface area contributed by atoms with Crippen molar-refractivity contribution in [3.05, 3.63) is 162 Å². The van der Waals surface area contributed by atoms with Crippen LogP contribution in [-0.4, -0.2) is 0 Å². The average Bonchev–Trinajstić information content (AvgIpc) is 2.98. The highest BCUT2D eigenvalue weighted by Crippen LogP contribution is 2.41. The lowest BCUT2D eigenvalue weighted by Gasteiger charge is -2.26. The number of nitrogens with zero attached hydrogens (tertiary/aromatic N) is 1. The van der Waals surface area contributed by atoms with E-state index < -0.39 is 0 Å². The van der Waals surface area contributed by atoms with Gasteiger partial charge in [0.25, 0.3) is 0 Å². The van der Waals surface area contributed by atoms with Crippen LogP contribution in [-0.2, 0) is 0 Å². The molecule has 0 N–H and O–H groups in total. The summed E-state index contributed by atoms with van der Waals surface area (Å²) in [6.07, 6.45) is 2.31. The molecule has 180 valence electrons. The summed E-state index contributed by atoms with van der Waals surface area (Å²) in [5, 5.41) is 7.75. The zero-order valence-corrected chi connectivity index (χ0v) is 21.3. The Hall–Kier alpha value is -4.88. The van der Waals surface area contributed by atoms with Gasteiger partial charge in [0.05, 0.1) is 5.69 Å². The van der Waals surface area contributed by atoms with Crippen LogP contribution in [0.5, 0.6) is 0 Å². The van der Waals surface area contributed by atoms with Crippen molar-refractivity contribution in [1.82, 2.24) is 0 Å². The second-order valence-electron chi connectivity index (χ2n) is 9.92. The van der Waals surface area contributed by atoms with Crippen LogP contribution in [0.2, 0.25) is 0 Å². The third-order valence-corrected chi connectivity index (χ3v) is 7.51. The SMILES string of the molecule is Cc1ccc(N(C=C(c2ccccc2)c2ccccc2)c2ccc3ccc4cccc5ccc2c3c45)cc1. The second-order valence-corrected chi connectivity index (χ2v) is 9.92. The number of anilines is 2. The molecule has 0 fully saturated rings. The fraction of sp³-hybridized carbons (Fsp3) is 0.0270. The maximum atomic E-state index is 2.36. The predicted molar refractivity (Wildman–Crippen MR) is 163 cm³/mol. The first-order valence-corrected chi connectivity index (χ1v) is 13.1. The fourth-order valence-electron chi connectivity index (χ4n) is 5.60. The summed E-state index contributed by atoms with van der Waals surface area (Å²) >= 11 is 0. The molecule has 7 aromatic rings. The minimum absolute atomic E-state index is 1.13. The highest BCUT2D eigenvalue weighted by molar-refractivity contribution is 6.25. The summed E-state index contributed by atoms with van der Waals surface area (Å²) in [4.78, 5) is 2.36. The van der Waals surface area contributed by atoms with Crippen molar-refractivity contribution in [2.45, 2.75) is 6.92 Å². The van der Waals surface area contributed by atoms with Crippen molar-refractivity contribution in [2.75, 3.05) is 4.90 Å². The molecule has 7 aromatic carbocycles. The molecule has 38 heavy (non-hydrogen) atoms. The molecule has 1 heteroatoms. The van der Waals surface area contributed by atoms with Crippen molar-refractivity contribution in [3.8, 4) is 0 Å². The van der Waals surface area contributed by atoms with Crippen molar-refractivity contribution in [3.63, 3.8) is 0 Å². The van der Waals surface area contributed by atoms with E-state index in [1.54, 1.807) is 0 Å². The van der Waals surface area contributed by atoms with E-state index in [4.69, 9.17) is 0 Å². The van der Waals surface area contributed by atoms with E-state index in [-0.39, 0.29) is 0 Å². The van der Waals surface area contributed by atoms with Gasteiger partial charge in [-0.25, -0.2) is 0 Å². The lowest BCUT2D eigenvalue weighted by atomic mass is 9.93. The number of hydrogen-bond donors (Lipinski definition) is 0. The first-order chi connectivity index (χ1) is 18.8. The van der Waals surface area contributed by atoms with Crippen LogP contribution in [0.15, 0.2) is 146 Å². The van der Waals surface area contributed by atoms with E-state index in [1.165, 1.54) is 60.3 Å². The van der Waals surface area contributed by atoms with Crippen LogP contribution < -0.4 is 4.90 Å². The van der Waals surface area contributed by atoms with Gasteiger partial charge < -0.3 is 4.90 Å². The number of rotatable bonds is 5. The smallest absolute Gasteiger partial charge is 0.0534 e. The summed E-state index contributed by atoms with van der Waals surface area (Å²) in [7, 11) is 0. The quantitative estimate of drug-likeness (QED) is 0.219. The lowest BCUT2D eigenvalue weighted by Crippen LogP contribution is -2.11. The average molecular weight is 486 g/mol. The fourth-order valence-corrected chi connectivity index (χ4v) is 5.60. The Morgan fingerprint density at radius 3 is 1.68 bits per heavy atom. The van der Waals surface area contributed by atoms with Gasteiger partial charge in [-0.1, -0.05) is 127 Å². The summed E-state index contributed by atoms with van der Waals surface area (Å²) in [5.74, 6) is 0. The molecule has 0 aliphatic rings. The molecule has 0 heterocycles. The predicted octanol–water partition coefficient (Wildman–Crippen LogP) is 10.1. The van der Waals surface area contributed by atoms with Crippen LogP contribution in [0.4, 0.5) is 11.4 Å². The molecule has 0 radical (unpaired) electrons. The maximum Gasteiger partial charge on any atom is 0.0534 e. The largest absolute Gasteiger partial charge is 0.316 e. The minimum Gasteiger partial charge on any atom is -0.316 e. The lowest BCUT2D eigenvalue weighted by molar-refractivity contribution is 1.29. The summed E-state index contributed by atoms with van der Waals surface area (Å²) in [5.41, 5.74) is 7.11. The van der Waals surface area contributed by atoms with Gasteiger partial charge in [0.15, 0.2) is 0 Å². The van der Waals surface area contributed by atoms with Crippen LogP contribution in [0.25, 0.3) is 37.9 Å². The highest BCUT2D eigenvalue weighted by Gasteiger charge is 2.17. The standard InChI is InChI=1S/C37H27N/c1-26-15-21-32(22-16-26)38(25-34(27-9-4-2-5-10-27)28-11-6-3-7-12-28)35-24-20-31-18-17-29-13-8-14-30-19-23-33(35)37(31)36(29)30/h2-25H,1H3. The van der Waals surface area contributed by atoms with E-state index in [9.17, 15) is 0 Å². The van der Waals surface area contributed by atoms with Crippen molar-refractivity contribution < 1.29 is 0 Å². The molecule has 1 nitrogen and oxygen atoms in total. The second kappa shape index (κ2) is 9.21. The molecule has 0 spiro atoms. The normalized spacial score (nSPS) is 11.3.